The molecule has 6 heteroatoms. The van der Waals surface area contributed by atoms with Gasteiger partial charge < -0.3 is 14.2 Å². The fraction of sp³-hybridized carbons (Fsp3) is 0.712. The Kier molecular flexibility index (Phi) is 63.3. The Morgan fingerprint density at radius 3 is 0.785 bits per heavy atom. The van der Waals surface area contributed by atoms with Crippen LogP contribution in [-0.4, -0.2) is 37.2 Å². The van der Waals surface area contributed by atoms with Crippen LogP contribution in [0.2, 0.25) is 0 Å². The molecule has 0 N–H and O–H groups in total. The van der Waals surface area contributed by atoms with Crippen molar-refractivity contribution in [3.63, 3.8) is 0 Å². The molecule has 0 saturated heterocycles. The van der Waals surface area contributed by atoms with Crippen molar-refractivity contribution in [2.45, 2.75) is 322 Å². The number of rotatable bonds is 60. The Morgan fingerprint density at radius 1 is 0.266 bits per heavy atom. The summed E-state index contributed by atoms with van der Waals surface area (Å²) in [6.45, 7) is 6.53. The minimum Gasteiger partial charge on any atom is -0.462 e. The monoisotopic (exact) mass is 1100 g/mol. The molecule has 452 valence electrons. The highest BCUT2D eigenvalue weighted by molar-refractivity contribution is 5.71. The molecule has 0 amide bonds. The Balaban J connectivity index is 4.29. The molecular formula is C73H124O6. The van der Waals surface area contributed by atoms with Gasteiger partial charge in [-0.15, -0.1) is 0 Å². The third-order valence-electron chi connectivity index (χ3n) is 14.3. The fourth-order valence-corrected chi connectivity index (χ4v) is 9.28. The molecule has 0 aromatic heterocycles. The lowest BCUT2D eigenvalue weighted by molar-refractivity contribution is -0.167. The highest BCUT2D eigenvalue weighted by Gasteiger charge is 2.19. The van der Waals surface area contributed by atoms with Crippen molar-refractivity contribution < 1.29 is 28.6 Å². The Morgan fingerprint density at radius 2 is 0.494 bits per heavy atom. The molecule has 0 aromatic rings. The number of hydrogen-bond donors (Lipinski definition) is 0. The van der Waals surface area contributed by atoms with Crippen molar-refractivity contribution in [2.24, 2.45) is 0 Å². The van der Waals surface area contributed by atoms with Gasteiger partial charge in [0.05, 0.1) is 0 Å². The third-order valence-corrected chi connectivity index (χ3v) is 14.3. The van der Waals surface area contributed by atoms with Crippen LogP contribution in [0.5, 0.6) is 0 Å². The van der Waals surface area contributed by atoms with Gasteiger partial charge in [-0.2, -0.15) is 0 Å². The lowest BCUT2D eigenvalue weighted by Crippen LogP contribution is -2.30. The molecule has 0 aliphatic carbocycles. The van der Waals surface area contributed by atoms with Crippen molar-refractivity contribution in [1.82, 2.24) is 0 Å². The van der Waals surface area contributed by atoms with E-state index in [0.29, 0.717) is 19.3 Å². The number of esters is 3. The first kappa shape index (κ1) is 75.1. The first-order chi connectivity index (χ1) is 39.0. The molecule has 0 saturated carbocycles. The predicted octanol–water partition coefficient (Wildman–Crippen LogP) is 23.0. The van der Waals surface area contributed by atoms with Crippen LogP contribution in [0.15, 0.2) is 109 Å². The first-order valence-corrected chi connectivity index (χ1v) is 33.4. The summed E-state index contributed by atoms with van der Waals surface area (Å²) in [6, 6.07) is 0. The SMILES string of the molecule is CC/C=C\C/C=C\C/C=C\C/C=C\C/C=C\C/C=C\C/C=C\C/C=C\CCCCCCCCC(=O)OCC(COC(=O)CCCCCCCCCCCCC)OC(=O)CCCCCCCCCCC/C=C\CCCCCCCC. The normalized spacial score (nSPS) is 12.8. The lowest BCUT2D eigenvalue weighted by atomic mass is 10.1. The molecule has 0 aliphatic heterocycles. The van der Waals surface area contributed by atoms with Gasteiger partial charge in [-0.05, 0) is 109 Å². The second-order valence-electron chi connectivity index (χ2n) is 22.0. The zero-order chi connectivity index (χ0) is 57.1. The molecule has 0 bridgehead atoms. The van der Waals surface area contributed by atoms with Crippen molar-refractivity contribution in [1.29, 1.82) is 0 Å². The fourth-order valence-electron chi connectivity index (χ4n) is 9.28. The number of unbranched alkanes of at least 4 members (excludes halogenated alkanes) is 31. The summed E-state index contributed by atoms with van der Waals surface area (Å²) in [6.07, 6.45) is 91.0. The van der Waals surface area contributed by atoms with E-state index in [1.54, 1.807) is 0 Å². The van der Waals surface area contributed by atoms with E-state index in [2.05, 4.69) is 130 Å². The molecule has 0 aliphatic rings. The summed E-state index contributed by atoms with van der Waals surface area (Å²) >= 11 is 0. The van der Waals surface area contributed by atoms with E-state index < -0.39 is 6.10 Å². The van der Waals surface area contributed by atoms with Gasteiger partial charge in [0.2, 0.25) is 0 Å². The Labute approximate surface area is 489 Å². The number of hydrogen-bond acceptors (Lipinski definition) is 6. The van der Waals surface area contributed by atoms with E-state index >= 15 is 0 Å². The first-order valence-electron chi connectivity index (χ1n) is 33.4. The quantitative estimate of drug-likeness (QED) is 0.0261. The van der Waals surface area contributed by atoms with E-state index in [-0.39, 0.29) is 31.1 Å². The Hall–Kier alpha value is -3.93. The van der Waals surface area contributed by atoms with Gasteiger partial charge in [-0.1, -0.05) is 297 Å². The molecule has 0 heterocycles. The van der Waals surface area contributed by atoms with Crippen LogP contribution in [0.1, 0.15) is 316 Å². The van der Waals surface area contributed by atoms with E-state index in [1.165, 1.54) is 154 Å². The van der Waals surface area contributed by atoms with Crippen LogP contribution in [0, 0.1) is 0 Å². The Bertz CT molecular complexity index is 1590. The molecule has 6 nitrogen and oxygen atoms in total. The molecular weight excluding hydrogens is 973 g/mol. The van der Waals surface area contributed by atoms with Gasteiger partial charge >= 0.3 is 17.9 Å². The predicted molar refractivity (Wildman–Crippen MR) is 343 cm³/mol. The van der Waals surface area contributed by atoms with Crippen LogP contribution in [0.25, 0.3) is 0 Å². The summed E-state index contributed by atoms with van der Waals surface area (Å²) < 4.78 is 16.9. The number of ether oxygens (including phenoxy) is 3. The standard InChI is InChI=1S/C73H124O6/c1-4-7-10-13-16-19-22-24-26-28-30-31-32-33-34-35-36-37-38-39-40-41-43-44-46-48-51-54-57-60-63-66-72(75)78-69-70(68-77-71(74)65-62-59-56-53-50-21-18-15-12-9-6-3)79-73(76)67-64-61-58-55-52-49-47-45-42-29-27-25-23-20-17-14-11-8-5-2/h7,10,16,19,24-27,30-31,33-34,36-37,39-40,43-44,70H,4-6,8-9,11-15,17-18,20-23,28-29,32,35,38,41-42,45-69H2,1-3H3/b10-7-,19-16-,26-24-,27-25-,31-30-,34-33-,37-36-,40-39-,44-43-. The average molecular weight is 1100 g/mol. The summed E-state index contributed by atoms with van der Waals surface area (Å²) in [5, 5.41) is 0. The topological polar surface area (TPSA) is 78.9 Å². The molecule has 0 spiro atoms. The summed E-state index contributed by atoms with van der Waals surface area (Å²) in [5.41, 5.74) is 0. The van der Waals surface area contributed by atoms with Gasteiger partial charge in [0.15, 0.2) is 6.10 Å². The van der Waals surface area contributed by atoms with Gasteiger partial charge in [0.1, 0.15) is 13.2 Å². The summed E-state index contributed by atoms with van der Waals surface area (Å²) in [4.78, 5) is 38.3. The maximum absolute atomic E-state index is 12.9. The highest BCUT2D eigenvalue weighted by atomic mass is 16.6. The molecule has 0 fully saturated rings. The number of carbonyl (C=O) groups is 3. The number of carbonyl (C=O) groups excluding carboxylic acids is 3. The molecule has 1 unspecified atom stereocenters. The van der Waals surface area contributed by atoms with Crippen molar-refractivity contribution >= 4 is 17.9 Å². The number of allylic oxidation sites excluding steroid dienone is 18. The van der Waals surface area contributed by atoms with Crippen LogP contribution in [0.3, 0.4) is 0 Å². The zero-order valence-corrected chi connectivity index (χ0v) is 51.9. The summed E-state index contributed by atoms with van der Waals surface area (Å²) in [7, 11) is 0. The van der Waals surface area contributed by atoms with Crippen molar-refractivity contribution in [3.8, 4) is 0 Å². The zero-order valence-electron chi connectivity index (χ0n) is 51.9. The van der Waals surface area contributed by atoms with E-state index in [0.717, 1.165) is 122 Å². The molecule has 79 heavy (non-hydrogen) atoms. The second kappa shape index (κ2) is 66.6. The molecule has 0 rings (SSSR count). The van der Waals surface area contributed by atoms with Gasteiger partial charge in [-0.25, -0.2) is 0 Å². The highest BCUT2D eigenvalue weighted by Crippen LogP contribution is 2.16. The van der Waals surface area contributed by atoms with Gasteiger partial charge in [-0.3, -0.25) is 14.4 Å². The maximum atomic E-state index is 12.9. The second-order valence-corrected chi connectivity index (χ2v) is 22.0. The molecule has 0 radical (unpaired) electrons. The van der Waals surface area contributed by atoms with E-state index in [9.17, 15) is 14.4 Å². The molecule has 0 aromatic carbocycles. The van der Waals surface area contributed by atoms with Crippen LogP contribution < -0.4 is 0 Å². The van der Waals surface area contributed by atoms with Crippen LogP contribution in [0.4, 0.5) is 0 Å². The lowest BCUT2D eigenvalue weighted by Gasteiger charge is -2.18. The van der Waals surface area contributed by atoms with Crippen molar-refractivity contribution in [2.75, 3.05) is 13.2 Å². The summed E-state index contributed by atoms with van der Waals surface area (Å²) in [5.74, 6) is -0.889. The van der Waals surface area contributed by atoms with Gasteiger partial charge in [0, 0.05) is 19.3 Å². The van der Waals surface area contributed by atoms with Crippen LogP contribution in [-0.2, 0) is 28.6 Å². The van der Waals surface area contributed by atoms with Gasteiger partial charge in [0.25, 0.3) is 0 Å². The third kappa shape index (κ3) is 64.8. The van der Waals surface area contributed by atoms with Crippen molar-refractivity contribution in [3.05, 3.63) is 109 Å². The minimum absolute atomic E-state index is 0.0810. The van der Waals surface area contributed by atoms with Crippen LogP contribution >= 0.6 is 0 Å². The van der Waals surface area contributed by atoms with E-state index in [1.807, 2.05) is 0 Å². The smallest absolute Gasteiger partial charge is 0.306 e. The molecule has 1 atom stereocenters. The maximum Gasteiger partial charge on any atom is 0.306 e. The average Bonchev–Trinajstić information content (AvgIpc) is 3.45. The minimum atomic E-state index is -0.785. The van der Waals surface area contributed by atoms with E-state index in [4.69, 9.17) is 14.2 Å². The largest absolute Gasteiger partial charge is 0.462 e.